The van der Waals surface area contributed by atoms with Gasteiger partial charge in [0.15, 0.2) is 5.75 Å². The van der Waals surface area contributed by atoms with Crippen molar-refractivity contribution >= 4 is 87.9 Å². The molecule has 0 radical (unpaired) electrons. The number of nitrogens with zero attached hydrogens (tertiary/aromatic N) is 2. The van der Waals surface area contributed by atoms with Crippen LogP contribution in [-0.4, -0.2) is 55.9 Å². The molecule has 3 aromatic carbocycles. The molecule has 0 aliphatic heterocycles. The fourth-order valence-corrected chi connectivity index (χ4v) is 6.86. The second kappa shape index (κ2) is 13.8. The maximum atomic E-state index is 12.6. The quantitative estimate of drug-likeness (QED) is 0.0475. The number of sulfone groups is 1. The zero-order valence-corrected chi connectivity index (χ0v) is 25.4. The van der Waals surface area contributed by atoms with E-state index in [0.717, 1.165) is 25.1 Å². The molecule has 3 rings (SSSR count). The lowest BCUT2D eigenvalue weighted by atomic mass is 10.1. The first-order chi connectivity index (χ1) is 20.4. The van der Waals surface area contributed by atoms with Crippen LogP contribution in [0.4, 0.5) is 17.1 Å². The Bertz CT molecular complexity index is 2000. The van der Waals surface area contributed by atoms with Crippen LogP contribution in [-0.2, 0) is 53.6 Å². The Morgan fingerprint density at radius 1 is 0.886 bits per heavy atom. The van der Waals surface area contributed by atoms with E-state index in [0.29, 0.717) is 17.5 Å². The van der Waals surface area contributed by atoms with Crippen LogP contribution < -0.4 is 5.32 Å². The summed E-state index contributed by atoms with van der Waals surface area (Å²) >= 11 is 0.185. The van der Waals surface area contributed by atoms with Gasteiger partial charge in [-0.3, -0.25) is 13.9 Å². The smallest absolute Gasteiger partial charge is 0.296 e. The number of fused-ring (bicyclic) bond motifs is 1. The minimum Gasteiger partial charge on any atom is -0.505 e. The highest BCUT2D eigenvalue weighted by Crippen LogP contribution is 2.47. The molecule has 0 aromatic heterocycles. The highest BCUT2D eigenvalue weighted by molar-refractivity contribution is 7.97. The summed E-state index contributed by atoms with van der Waals surface area (Å²) in [5.41, 5.74) is -1.80. The van der Waals surface area contributed by atoms with Crippen molar-refractivity contribution in [1.29, 1.82) is 0 Å². The van der Waals surface area contributed by atoms with Crippen molar-refractivity contribution in [2.45, 2.75) is 31.4 Å². The molecule has 0 saturated heterocycles. The van der Waals surface area contributed by atoms with E-state index in [4.69, 9.17) is 10.5 Å². The van der Waals surface area contributed by atoms with Crippen molar-refractivity contribution in [3.8, 4) is 5.75 Å². The maximum Gasteiger partial charge on any atom is 0.296 e. The minimum atomic E-state index is -5.18. The predicted octanol–water partition coefficient (Wildman–Crippen LogP) is 4.19. The molecule has 0 unspecified atom stereocenters. The molecular formula is C20H17N3O16S5. The Morgan fingerprint density at radius 2 is 1.50 bits per heavy atom. The third-order valence-corrected chi connectivity index (χ3v) is 9.63. The van der Waals surface area contributed by atoms with Gasteiger partial charge in [-0.2, -0.15) is 16.8 Å². The first-order valence-electron chi connectivity index (χ1n) is 10.8. The third-order valence-electron chi connectivity index (χ3n) is 5.13. The Labute approximate surface area is 255 Å². The van der Waals surface area contributed by atoms with Crippen molar-refractivity contribution in [2.75, 3.05) is 5.32 Å². The average molecular weight is 716 g/mol. The van der Waals surface area contributed by atoms with Gasteiger partial charge in [0.05, 0.1) is 49.4 Å². The fraction of sp³-hybridized carbons (Fsp3) is 0.0500. The molecule has 24 heteroatoms. The molecule has 0 heterocycles. The van der Waals surface area contributed by atoms with Gasteiger partial charge in [0, 0.05) is 17.7 Å². The highest BCUT2D eigenvalue weighted by atomic mass is 32.2. The second-order valence-corrected chi connectivity index (χ2v) is 14.1. The molecule has 0 aliphatic carbocycles. The molecular weight excluding hydrogens is 699 g/mol. The Kier molecular flexibility index (Phi) is 11.1. The van der Waals surface area contributed by atoms with Gasteiger partial charge in [0.2, 0.25) is 15.7 Å². The van der Waals surface area contributed by atoms with Crippen molar-refractivity contribution in [2.24, 2.45) is 10.2 Å². The van der Waals surface area contributed by atoms with Gasteiger partial charge in [-0.1, -0.05) is 16.7 Å². The summed E-state index contributed by atoms with van der Waals surface area (Å²) in [4.78, 5) is 8.50. The van der Waals surface area contributed by atoms with Crippen molar-refractivity contribution in [3.63, 3.8) is 0 Å². The number of carbonyl (C=O) groups is 1. The van der Waals surface area contributed by atoms with E-state index in [2.05, 4.69) is 40.9 Å². The van der Waals surface area contributed by atoms with E-state index in [1.165, 1.54) is 0 Å². The number of amides is 1. The lowest BCUT2D eigenvalue weighted by molar-refractivity contribution is -0.432. The summed E-state index contributed by atoms with van der Waals surface area (Å²) in [5.74, 6) is -1.60. The number of azo groups is 1. The lowest BCUT2D eigenvalue weighted by Gasteiger charge is -2.14. The average Bonchev–Trinajstić information content (AvgIpc) is 2.92. The number of nitrogens with one attached hydrogen (secondary N) is 1. The van der Waals surface area contributed by atoms with Crippen LogP contribution in [0.5, 0.6) is 5.75 Å². The van der Waals surface area contributed by atoms with E-state index < -0.39 is 72.7 Å². The highest BCUT2D eigenvalue weighted by Gasteiger charge is 2.26. The van der Waals surface area contributed by atoms with E-state index in [1.807, 2.05) is 0 Å². The molecule has 6 N–H and O–H groups in total. The lowest BCUT2D eigenvalue weighted by Crippen LogP contribution is -2.08. The molecule has 0 aliphatic rings. The summed E-state index contributed by atoms with van der Waals surface area (Å²) in [6.07, 6.45) is 0. The van der Waals surface area contributed by atoms with Gasteiger partial charge in [0.25, 0.3) is 20.2 Å². The first-order valence-corrected chi connectivity index (χ1v) is 16.7. The molecule has 0 atom stereocenters. The zero-order valence-electron chi connectivity index (χ0n) is 21.3. The molecule has 0 saturated carbocycles. The fourth-order valence-electron chi connectivity index (χ4n) is 3.46. The van der Waals surface area contributed by atoms with Crippen LogP contribution in [0.3, 0.4) is 0 Å². The van der Waals surface area contributed by atoms with Crippen LogP contribution in [0.15, 0.2) is 77.0 Å². The van der Waals surface area contributed by atoms with Crippen LogP contribution in [0.2, 0.25) is 0 Å². The second-order valence-electron chi connectivity index (χ2n) is 7.90. The van der Waals surface area contributed by atoms with Crippen molar-refractivity contribution < 1.29 is 73.5 Å². The van der Waals surface area contributed by atoms with Gasteiger partial charge in [-0.25, -0.2) is 18.9 Å². The van der Waals surface area contributed by atoms with Crippen molar-refractivity contribution in [1.82, 2.24) is 0 Å². The Balaban J connectivity index is 2.42. The van der Waals surface area contributed by atoms with Crippen LogP contribution in [0.1, 0.15) is 6.92 Å². The third kappa shape index (κ3) is 8.07. The number of hydrogen-bond acceptors (Lipinski definition) is 18. The molecule has 238 valence electrons. The predicted molar refractivity (Wildman–Crippen MR) is 149 cm³/mol. The number of aromatic hydroxyl groups is 1. The van der Waals surface area contributed by atoms with E-state index >= 15 is 0 Å². The molecule has 0 fully saturated rings. The summed E-state index contributed by atoms with van der Waals surface area (Å²) in [6.45, 7) is 4.20. The first kappa shape index (κ1) is 35.2. The van der Waals surface area contributed by atoms with E-state index in [9.17, 15) is 44.3 Å². The number of benzene rings is 3. The number of hydrogen-bond donors (Lipinski definition) is 6. The van der Waals surface area contributed by atoms with Crippen LogP contribution in [0, 0.1) is 0 Å². The SMILES string of the molecule is C=CS(=O)(=O)c1cc(N=Nc2c(SOOO)cc3cc(S(=O)(=O)O)cc(NC(C)=O)c3c2O)c(S(=O)(=O)O)cc1SOOO. The molecule has 0 bridgehead atoms. The number of phenols is 1. The van der Waals surface area contributed by atoms with Gasteiger partial charge in [-0.05, 0) is 35.7 Å². The van der Waals surface area contributed by atoms with Gasteiger partial charge >= 0.3 is 0 Å². The Hall–Kier alpha value is -3.24. The molecule has 19 nitrogen and oxygen atoms in total. The maximum absolute atomic E-state index is 12.6. The summed E-state index contributed by atoms with van der Waals surface area (Å²) in [5, 5.41) is 44.9. The van der Waals surface area contributed by atoms with E-state index in [-0.39, 0.29) is 45.4 Å². The largest absolute Gasteiger partial charge is 0.505 e. The van der Waals surface area contributed by atoms with Crippen molar-refractivity contribution in [3.05, 3.63) is 42.3 Å². The molecule has 0 spiro atoms. The standard InChI is InChI=1S/C20H17N3O16S5/c1-3-42(28,29)17-7-12(16(44(33,34)35)8-14(17)40-38-36-26)22-23-19-15(41-39-37-27)5-10-4-11(43(30,31)32)6-13(21-9(2)24)18(10)20(19)25/h3-8,25-27H,1H2,2H3,(H,21,24)(H,30,31,32)(H,33,34,35). The summed E-state index contributed by atoms with van der Waals surface area (Å²) < 4.78 is 101. The number of anilines is 1. The van der Waals surface area contributed by atoms with E-state index in [1.54, 1.807) is 0 Å². The summed E-state index contributed by atoms with van der Waals surface area (Å²) in [6, 6.07) is 3.95. The van der Waals surface area contributed by atoms with Gasteiger partial charge in [-0.15, -0.1) is 18.9 Å². The molecule has 1 amide bonds. The topological polar surface area (TPSA) is 294 Å². The van der Waals surface area contributed by atoms with Gasteiger partial charge < -0.3 is 10.4 Å². The number of phenolic OH excluding ortho intramolecular Hbond substituents is 1. The normalized spacial score (nSPS) is 12.6. The van der Waals surface area contributed by atoms with Crippen LogP contribution >= 0.6 is 24.1 Å². The number of carbonyl (C=O) groups excluding carboxylic acids is 1. The summed E-state index contributed by atoms with van der Waals surface area (Å²) in [7, 11) is -14.4. The molecule has 44 heavy (non-hydrogen) atoms. The minimum absolute atomic E-state index is 0.0278. The zero-order chi connectivity index (χ0) is 33.0. The number of rotatable bonds is 13. The van der Waals surface area contributed by atoms with Crippen LogP contribution in [0.25, 0.3) is 10.8 Å². The van der Waals surface area contributed by atoms with Gasteiger partial charge in [0.1, 0.15) is 16.3 Å². The molecule has 3 aromatic rings. The Morgan fingerprint density at radius 3 is 2.02 bits per heavy atom. The monoisotopic (exact) mass is 715 g/mol.